The number of hydrogen-bond donors (Lipinski definition) is 1. The van der Waals surface area contributed by atoms with Gasteiger partial charge in [-0.1, -0.05) is 51.6 Å². The van der Waals surface area contributed by atoms with Crippen molar-refractivity contribution >= 4 is 35.1 Å². The fraction of sp³-hybridized carbons (Fsp3) is 0.469. The molecule has 1 aliphatic rings. The molecule has 40 heavy (non-hydrogen) atoms. The van der Waals surface area contributed by atoms with Crippen LogP contribution in [0, 0.1) is 5.41 Å². The Kier molecular flexibility index (Phi) is 10.1. The van der Waals surface area contributed by atoms with Gasteiger partial charge in [-0.05, 0) is 59.2 Å². The number of methoxy groups -OCH3 is 2. The first-order valence-electron chi connectivity index (χ1n) is 13.6. The van der Waals surface area contributed by atoms with Gasteiger partial charge in [-0.15, -0.1) is 6.58 Å². The number of fused-ring (bicyclic) bond motifs is 1. The zero-order valence-electron chi connectivity index (χ0n) is 24.3. The zero-order chi connectivity index (χ0) is 29.5. The molecule has 1 aliphatic heterocycles. The van der Waals surface area contributed by atoms with Crippen LogP contribution in [-0.2, 0) is 24.7 Å². The van der Waals surface area contributed by atoms with Crippen molar-refractivity contribution in [1.29, 1.82) is 0 Å². The monoisotopic (exact) mass is 550 g/mol. The number of alkyl carbamates (subject to hydrolysis) is 1. The molecule has 0 unspecified atom stereocenters. The van der Waals surface area contributed by atoms with E-state index in [9.17, 15) is 14.4 Å². The number of amides is 2. The third-order valence-corrected chi connectivity index (χ3v) is 7.54. The zero-order valence-corrected chi connectivity index (χ0v) is 24.3. The first-order valence-corrected chi connectivity index (χ1v) is 13.6. The Hall–Kier alpha value is -3.65. The molecule has 3 rings (SSSR count). The molecule has 2 aromatic carbocycles. The van der Waals surface area contributed by atoms with Gasteiger partial charge in [-0.25, -0.2) is 4.79 Å². The Morgan fingerprint density at radius 2 is 1.90 bits per heavy atom. The molecular weight excluding hydrogens is 508 g/mol. The SMILES string of the molecule is C=CCCCCOC(=O)N[C@H](C(=O)N1C[C@](OC)(c2ccc3cc(OC)c(C=C)cc3c2)C[C@H]1C=O)C(C)(C)C. The lowest BCUT2D eigenvalue weighted by atomic mass is 9.85. The van der Waals surface area contributed by atoms with Crippen LogP contribution in [0.15, 0.2) is 49.6 Å². The summed E-state index contributed by atoms with van der Waals surface area (Å²) in [5.41, 5.74) is 0.175. The number of aldehydes is 1. The highest BCUT2D eigenvalue weighted by Gasteiger charge is 2.50. The lowest BCUT2D eigenvalue weighted by Crippen LogP contribution is -2.56. The lowest BCUT2D eigenvalue weighted by molar-refractivity contribution is -0.139. The van der Waals surface area contributed by atoms with Crippen LogP contribution in [0.25, 0.3) is 16.8 Å². The van der Waals surface area contributed by atoms with E-state index < -0.39 is 29.2 Å². The third kappa shape index (κ3) is 6.73. The van der Waals surface area contributed by atoms with Crippen LogP contribution in [0.2, 0.25) is 0 Å². The summed E-state index contributed by atoms with van der Waals surface area (Å²) in [7, 11) is 3.21. The van der Waals surface area contributed by atoms with Gasteiger partial charge in [0.15, 0.2) is 0 Å². The predicted octanol–water partition coefficient (Wildman–Crippen LogP) is 5.63. The van der Waals surface area contributed by atoms with Gasteiger partial charge in [-0.3, -0.25) is 4.79 Å². The maximum atomic E-state index is 13.9. The summed E-state index contributed by atoms with van der Waals surface area (Å²) in [4.78, 5) is 40.3. The lowest BCUT2D eigenvalue weighted by Gasteiger charge is -2.35. The molecule has 2 amide bonds. The van der Waals surface area contributed by atoms with E-state index in [-0.39, 0.29) is 19.1 Å². The molecule has 1 heterocycles. The van der Waals surface area contributed by atoms with Crippen molar-refractivity contribution in [3.8, 4) is 5.75 Å². The number of rotatable bonds is 12. The summed E-state index contributed by atoms with van der Waals surface area (Å²) in [6, 6.07) is 8.28. The highest BCUT2D eigenvalue weighted by atomic mass is 16.5. The number of unbranched alkanes of at least 4 members (excludes halogenated alkanes) is 2. The Balaban J connectivity index is 1.87. The molecule has 0 spiro atoms. The minimum atomic E-state index is -0.905. The molecule has 3 atom stereocenters. The number of likely N-dealkylation sites (tertiary alicyclic amines) is 1. The van der Waals surface area contributed by atoms with E-state index in [0.717, 1.165) is 46.8 Å². The van der Waals surface area contributed by atoms with Crippen LogP contribution >= 0.6 is 0 Å². The smallest absolute Gasteiger partial charge is 0.407 e. The topological polar surface area (TPSA) is 94.2 Å². The molecule has 0 bridgehead atoms. The second kappa shape index (κ2) is 13.1. The van der Waals surface area contributed by atoms with Crippen LogP contribution in [-0.4, -0.2) is 62.6 Å². The fourth-order valence-corrected chi connectivity index (χ4v) is 5.19. The van der Waals surface area contributed by atoms with E-state index in [1.807, 2.05) is 57.2 Å². The van der Waals surface area contributed by atoms with Crippen LogP contribution in [0.4, 0.5) is 4.79 Å². The number of allylic oxidation sites excluding steroid dienone is 1. The minimum Gasteiger partial charge on any atom is -0.496 e. The minimum absolute atomic E-state index is 0.159. The number of nitrogens with zero attached hydrogens (tertiary/aromatic N) is 1. The molecule has 0 aliphatic carbocycles. The summed E-state index contributed by atoms with van der Waals surface area (Å²) in [5, 5.41) is 4.69. The molecule has 1 saturated heterocycles. The summed E-state index contributed by atoms with van der Waals surface area (Å²) in [6.07, 6.45) is 6.38. The van der Waals surface area contributed by atoms with Crippen molar-refractivity contribution in [2.24, 2.45) is 5.41 Å². The molecular formula is C32H42N2O6. The summed E-state index contributed by atoms with van der Waals surface area (Å²) < 4.78 is 16.9. The van der Waals surface area contributed by atoms with Gasteiger partial charge in [0, 0.05) is 19.1 Å². The quantitative estimate of drug-likeness (QED) is 0.209. The van der Waals surface area contributed by atoms with Crippen molar-refractivity contribution in [2.45, 2.75) is 64.1 Å². The fourth-order valence-electron chi connectivity index (χ4n) is 5.19. The average Bonchev–Trinajstić information content (AvgIpc) is 3.34. The highest BCUT2D eigenvalue weighted by Crippen LogP contribution is 2.41. The first kappa shape index (κ1) is 30.9. The summed E-state index contributed by atoms with van der Waals surface area (Å²) >= 11 is 0. The number of carbonyl (C=O) groups excluding carboxylic acids is 3. The Labute approximate surface area is 237 Å². The van der Waals surface area contributed by atoms with Gasteiger partial charge in [0.2, 0.25) is 5.91 Å². The van der Waals surface area contributed by atoms with Crippen molar-refractivity contribution < 1.29 is 28.6 Å². The largest absolute Gasteiger partial charge is 0.496 e. The van der Waals surface area contributed by atoms with E-state index >= 15 is 0 Å². The predicted molar refractivity (Wildman–Crippen MR) is 157 cm³/mol. The molecule has 0 saturated carbocycles. The number of hydrogen-bond acceptors (Lipinski definition) is 6. The van der Waals surface area contributed by atoms with E-state index in [1.54, 1.807) is 20.3 Å². The van der Waals surface area contributed by atoms with Gasteiger partial charge in [0.25, 0.3) is 0 Å². The Bertz CT molecular complexity index is 1250. The van der Waals surface area contributed by atoms with Crippen LogP contribution < -0.4 is 10.1 Å². The molecule has 1 N–H and O–H groups in total. The van der Waals surface area contributed by atoms with Gasteiger partial charge >= 0.3 is 6.09 Å². The molecule has 0 radical (unpaired) electrons. The van der Waals surface area contributed by atoms with Crippen LogP contribution in [0.5, 0.6) is 5.75 Å². The molecule has 1 fully saturated rings. The summed E-state index contributed by atoms with van der Waals surface area (Å²) in [6.45, 7) is 13.6. The van der Waals surface area contributed by atoms with Crippen molar-refractivity contribution in [1.82, 2.24) is 10.2 Å². The number of carbonyl (C=O) groups is 3. The van der Waals surface area contributed by atoms with Gasteiger partial charge in [-0.2, -0.15) is 0 Å². The van der Waals surface area contributed by atoms with E-state index in [0.29, 0.717) is 12.8 Å². The summed E-state index contributed by atoms with van der Waals surface area (Å²) in [5.74, 6) is 0.373. The maximum Gasteiger partial charge on any atom is 0.407 e. The van der Waals surface area contributed by atoms with Crippen molar-refractivity contribution in [2.75, 3.05) is 27.4 Å². The molecule has 0 aromatic heterocycles. The van der Waals surface area contributed by atoms with Crippen molar-refractivity contribution in [3.05, 3.63) is 60.7 Å². The van der Waals surface area contributed by atoms with Gasteiger partial charge < -0.3 is 29.2 Å². The average molecular weight is 551 g/mol. The Morgan fingerprint density at radius 3 is 2.50 bits per heavy atom. The number of ether oxygens (including phenoxy) is 3. The normalized spacial score (nSPS) is 19.6. The molecule has 8 nitrogen and oxygen atoms in total. The first-order chi connectivity index (χ1) is 19.0. The van der Waals surface area contributed by atoms with Gasteiger partial charge in [0.1, 0.15) is 23.7 Å². The second-order valence-corrected chi connectivity index (χ2v) is 11.3. The second-order valence-electron chi connectivity index (χ2n) is 11.3. The van der Waals surface area contributed by atoms with Crippen LogP contribution in [0.3, 0.4) is 0 Å². The maximum absolute atomic E-state index is 13.9. The molecule has 8 heteroatoms. The van der Waals surface area contributed by atoms with E-state index in [4.69, 9.17) is 14.2 Å². The third-order valence-electron chi connectivity index (χ3n) is 7.54. The van der Waals surface area contributed by atoms with Crippen molar-refractivity contribution in [3.63, 3.8) is 0 Å². The highest BCUT2D eigenvalue weighted by molar-refractivity contribution is 5.90. The van der Waals surface area contributed by atoms with E-state index in [2.05, 4.69) is 18.5 Å². The Morgan fingerprint density at radius 1 is 1.15 bits per heavy atom. The van der Waals surface area contributed by atoms with Gasteiger partial charge in [0.05, 0.1) is 26.3 Å². The molecule has 2 aromatic rings. The van der Waals surface area contributed by atoms with Crippen LogP contribution in [0.1, 0.15) is 57.6 Å². The molecule has 216 valence electrons. The standard InChI is InChI=1S/C32H42N2O6/c1-8-10-11-12-15-40-30(37)33-28(31(3,4)5)29(36)34-21-32(39-7,19-26(34)20-35)25-14-13-23-18-27(38-6)22(9-2)16-24(23)17-25/h8-9,13-14,16-18,20,26,28H,1-2,10-12,15,19,21H2,3-7H3,(H,33,37)/t26-,28+,32-/m0/s1. The van der Waals surface area contributed by atoms with E-state index in [1.165, 1.54) is 4.90 Å². The number of nitrogens with one attached hydrogen (secondary N) is 1. The number of benzene rings is 2.